The zero-order valence-corrected chi connectivity index (χ0v) is 11.7. The van der Waals surface area contributed by atoms with E-state index in [9.17, 15) is 14.4 Å². The first-order chi connectivity index (χ1) is 8.80. The van der Waals surface area contributed by atoms with Crippen LogP contribution in [0.5, 0.6) is 0 Å². The van der Waals surface area contributed by atoms with Crippen molar-refractivity contribution >= 4 is 17.8 Å². The predicted octanol–water partition coefficient (Wildman–Crippen LogP) is 0.614. The summed E-state index contributed by atoms with van der Waals surface area (Å²) in [5, 5.41) is 11.7. The molecule has 1 rings (SSSR count). The molecule has 1 aliphatic rings. The minimum atomic E-state index is -1.24. The van der Waals surface area contributed by atoms with Crippen LogP contribution in [0.4, 0.5) is 0 Å². The largest absolute Gasteiger partial charge is 0.480 e. The average Bonchev–Trinajstić information content (AvgIpc) is 2.38. The van der Waals surface area contributed by atoms with Gasteiger partial charge in [-0.15, -0.1) is 0 Å². The number of carboxylic acids is 1. The molecule has 19 heavy (non-hydrogen) atoms. The van der Waals surface area contributed by atoms with Crippen molar-refractivity contribution in [2.45, 2.75) is 45.6 Å². The molecule has 0 aliphatic carbocycles. The summed E-state index contributed by atoms with van der Waals surface area (Å²) in [6, 6.07) is 0. The van der Waals surface area contributed by atoms with Gasteiger partial charge in [0.2, 0.25) is 11.8 Å². The van der Waals surface area contributed by atoms with E-state index in [0.29, 0.717) is 25.9 Å². The van der Waals surface area contributed by atoms with Gasteiger partial charge in [0.1, 0.15) is 5.54 Å². The fourth-order valence-electron chi connectivity index (χ4n) is 2.14. The Kier molecular flexibility index (Phi) is 4.91. The van der Waals surface area contributed by atoms with Gasteiger partial charge in [0.25, 0.3) is 0 Å². The van der Waals surface area contributed by atoms with Crippen molar-refractivity contribution < 1.29 is 19.5 Å². The van der Waals surface area contributed by atoms with Crippen molar-refractivity contribution in [1.29, 1.82) is 0 Å². The fourth-order valence-corrected chi connectivity index (χ4v) is 2.14. The molecule has 0 saturated carbocycles. The van der Waals surface area contributed by atoms with E-state index in [1.807, 2.05) is 0 Å². The van der Waals surface area contributed by atoms with Gasteiger partial charge in [0, 0.05) is 20.0 Å². The van der Waals surface area contributed by atoms with Crippen LogP contribution in [0.1, 0.15) is 40.0 Å². The van der Waals surface area contributed by atoms with E-state index in [1.165, 1.54) is 13.8 Å². The predicted molar refractivity (Wildman–Crippen MR) is 69.5 cm³/mol. The molecule has 0 aromatic rings. The molecule has 1 fully saturated rings. The standard InChI is InChI=1S/C13H22N2O4/c1-4-13(3,12(18)19)14-11(17)10-6-5-7-15(8-10)9(2)16/h10H,4-8H2,1-3H3,(H,14,17)(H,18,19). The normalized spacial score (nSPS) is 22.5. The van der Waals surface area contributed by atoms with E-state index >= 15 is 0 Å². The monoisotopic (exact) mass is 270 g/mol. The second-order valence-corrected chi connectivity index (χ2v) is 5.28. The number of amides is 2. The number of hydrogen-bond donors (Lipinski definition) is 2. The molecule has 6 heteroatoms. The Morgan fingerprint density at radius 2 is 2.05 bits per heavy atom. The van der Waals surface area contributed by atoms with Crippen LogP contribution in [0, 0.1) is 5.92 Å². The van der Waals surface area contributed by atoms with Crippen molar-refractivity contribution in [2.75, 3.05) is 13.1 Å². The number of nitrogens with one attached hydrogen (secondary N) is 1. The van der Waals surface area contributed by atoms with E-state index in [4.69, 9.17) is 5.11 Å². The Balaban J connectivity index is 2.67. The summed E-state index contributed by atoms with van der Waals surface area (Å²) < 4.78 is 0. The summed E-state index contributed by atoms with van der Waals surface area (Å²) in [5.74, 6) is -1.68. The quantitative estimate of drug-likeness (QED) is 0.783. The second-order valence-electron chi connectivity index (χ2n) is 5.28. The van der Waals surface area contributed by atoms with Gasteiger partial charge >= 0.3 is 5.97 Å². The minimum absolute atomic E-state index is 0.0472. The molecule has 0 aromatic heterocycles. The van der Waals surface area contributed by atoms with Gasteiger partial charge in [-0.1, -0.05) is 6.92 Å². The highest BCUT2D eigenvalue weighted by molar-refractivity contribution is 5.88. The third kappa shape index (κ3) is 3.68. The number of rotatable bonds is 4. The van der Waals surface area contributed by atoms with Crippen molar-refractivity contribution in [3.63, 3.8) is 0 Å². The molecule has 6 nitrogen and oxygen atoms in total. The van der Waals surface area contributed by atoms with Crippen LogP contribution in [0.2, 0.25) is 0 Å². The number of hydrogen-bond acceptors (Lipinski definition) is 3. The number of nitrogens with zero attached hydrogens (tertiary/aromatic N) is 1. The first kappa shape index (κ1) is 15.5. The average molecular weight is 270 g/mol. The molecule has 0 aromatic carbocycles. The van der Waals surface area contributed by atoms with Crippen molar-refractivity contribution in [1.82, 2.24) is 10.2 Å². The zero-order valence-electron chi connectivity index (χ0n) is 11.7. The highest BCUT2D eigenvalue weighted by Crippen LogP contribution is 2.19. The van der Waals surface area contributed by atoms with Gasteiger partial charge in [-0.05, 0) is 26.2 Å². The summed E-state index contributed by atoms with van der Waals surface area (Å²) in [4.78, 5) is 36.3. The van der Waals surface area contributed by atoms with Gasteiger partial charge < -0.3 is 15.3 Å². The molecule has 2 atom stereocenters. The number of likely N-dealkylation sites (tertiary alicyclic amines) is 1. The van der Waals surface area contributed by atoms with Crippen LogP contribution in [-0.2, 0) is 14.4 Å². The Bertz CT molecular complexity index is 383. The maximum absolute atomic E-state index is 12.1. The number of piperidine rings is 1. The lowest BCUT2D eigenvalue weighted by molar-refractivity contribution is -0.148. The minimum Gasteiger partial charge on any atom is -0.480 e. The summed E-state index contributed by atoms with van der Waals surface area (Å²) >= 11 is 0. The van der Waals surface area contributed by atoms with Crippen molar-refractivity contribution in [3.8, 4) is 0 Å². The third-order valence-electron chi connectivity index (χ3n) is 3.82. The molecule has 2 unspecified atom stereocenters. The van der Waals surface area contributed by atoms with Crippen molar-refractivity contribution in [3.05, 3.63) is 0 Å². The Morgan fingerprint density at radius 3 is 2.53 bits per heavy atom. The third-order valence-corrected chi connectivity index (χ3v) is 3.82. The van der Waals surface area contributed by atoms with Gasteiger partial charge in [-0.2, -0.15) is 0 Å². The van der Waals surface area contributed by atoms with E-state index in [0.717, 1.165) is 6.42 Å². The molecule has 0 bridgehead atoms. The Labute approximate surface area is 113 Å². The number of aliphatic carboxylic acids is 1. The van der Waals surface area contributed by atoms with Gasteiger partial charge in [0.15, 0.2) is 0 Å². The molecule has 2 N–H and O–H groups in total. The van der Waals surface area contributed by atoms with Crippen LogP contribution in [0.3, 0.4) is 0 Å². The molecule has 1 aliphatic heterocycles. The van der Waals surface area contributed by atoms with Gasteiger partial charge in [-0.3, -0.25) is 9.59 Å². The molecule has 0 spiro atoms. The molecule has 2 amide bonds. The van der Waals surface area contributed by atoms with Crippen LogP contribution in [0.25, 0.3) is 0 Å². The molecule has 108 valence electrons. The summed E-state index contributed by atoms with van der Waals surface area (Å²) in [7, 11) is 0. The van der Waals surface area contributed by atoms with E-state index in [2.05, 4.69) is 5.32 Å². The topological polar surface area (TPSA) is 86.7 Å². The van der Waals surface area contributed by atoms with Crippen molar-refractivity contribution in [2.24, 2.45) is 5.92 Å². The first-order valence-electron chi connectivity index (χ1n) is 6.61. The number of carboxylic acid groups (broad SMARTS) is 1. The molecular formula is C13H22N2O4. The van der Waals surface area contributed by atoms with E-state index in [1.54, 1.807) is 11.8 Å². The van der Waals surface area contributed by atoms with E-state index in [-0.39, 0.29) is 17.7 Å². The Hall–Kier alpha value is -1.59. The summed E-state index contributed by atoms with van der Waals surface area (Å²) in [6.07, 6.45) is 1.78. The summed E-state index contributed by atoms with van der Waals surface area (Å²) in [5.41, 5.74) is -1.24. The lowest BCUT2D eigenvalue weighted by atomic mass is 9.93. The molecular weight excluding hydrogens is 248 g/mol. The zero-order chi connectivity index (χ0) is 14.6. The summed E-state index contributed by atoms with van der Waals surface area (Å²) in [6.45, 7) is 5.74. The lowest BCUT2D eigenvalue weighted by Gasteiger charge is -2.33. The number of carbonyl (C=O) groups excluding carboxylic acids is 2. The van der Waals surface area contributed by atoms with Crippen LogP contribution >= 0.6 is 0 Å². The van der Waals surface area contributed by atoms with E-state index < -0.39 is 11.5 Å². The maximum Gasteiger partial charge on any atom is 0.329 e. The fraction of sp³-hybridized carbons (Fsp3) is 0.769. The second kappa shape index (κ2) is 6.04. The highest BCUT2D eigenvalue weighted by atomic mass is 16.4. The van der Waals surface area contributed by atoms with Gasteiger partial charge in [0.05, 0.1) is 5.92 Å². The first-order valence-corrected chi connectivity index (χ1v) is 6.61. The SMILES string of the molecule is CCC(C)(NC(=O)C1CCCN(C(C)=O)C1)C(=O)O. The molecule has 1 heterocycles. The maximum atomic E-state index is 12.1. The number of carbonyl (C=O) groups is 3. The molecule has 1 saturated heterocycles. The van der Waals surface area contributed by atoms with Crippen LogP contribution in [0.15, 0.2) is 0 Å². The van der Waals surface area contributed by atoms with Gasteiger partial charge in [-0.25, -0.2) is 4.79 Å². The van der Waals surface area contributed by atoms with Crippen LogP contribution in [-0.4, -0.2) is 46.4 Å². The lowest BCUT2D eigenvalue weighted by Crippen LogP contribution is -2.55. The Morgan fingerprint density at radius 1 is 1.42 bits per heavy atom. The molecule has 0 radical (unpaired) electrons. The highest BCUT2D eigenvalue weighted by Gasteiger charge is 2.36. The van der Waals surface area contributed by atoms with Crippen LogP contribution < -0.4 is 5.32 Å². The smallest absolute Gasteiger partial charge is 0.329 e.